The summed E-state index contributed by atoms with van der Waals surface area (Å²) < 4.78 is 2.99. The van der Waals surface area contributed by atoms with Gasteiger partial charge in [0.05, 0.1) is 16.9 Å². The van der Waals surface area contributed by atoms with Crippen LogP contribution in [0.3, 0.4) is 0 Å². The van der Waals surface area contributed by atoms with Gasteiger partial charge in [-0.1, -0.05) is 28.1 Å². The van der Waals surface area contributed by atoms with E-state index in [1.807, 2.05) is 23.9 Å². The largest absolute Gasteiger partial charge is 0.320 e. The second kappa shape index (κ2) is 3.68. The Balaban J connectivity index is 2.03. The SMILES string of the molecule is Cn1nc(C2(N)CC2)cc1-c1ccc(Br)cc1. The van der Waals surface area contributed by atoms with E-state index in [2.05, 4.69) is 39.2 Å². The van der Waals surface area contributed by atoms with Gasteiger partial charge in [-0.3, -0.25) is 4.68 Å². The molecule has 0 aliphatic heterocycles. The first-order valence-corrected chi connectivity index (χ1v) is 6.47. The van der Waals surface area contributed by atoms with Crippen LogP contribution in [0, 0.1) is 0 Å². The summed E-state index contributed by atoms with van der Waals surface area (Å²) in [6, 6.07) is 10.4. The number of hydrogen-bond donors (Lipinski definition) is 1. The summed E-state index contributed by atoms with van der Waals surface area (Å²) in [5, 5.41) is 4.52. The molecule has 0 amide bonds. The van der Waals surface area contributed by atoms with Gasteiger partial charge in [0.2, 0.25) is 0 Å². The van der Waals surface area contributed by atoms with E-state index in [0.717, 1.165) is 28.7 Å². The molecule has 1 heterocycles. The Morgan fingerprint density at radius 3 is 2.53 bits per heavy atom. The molecular formula is C13H14BrN3. The topological polar surface area (TPSA) is 43.8 Å². The average molecular weight is 292 g/mol. The van der Waals surface area contributed by atoms with Crippen LogP contribution in [0.5, 0.6) is 0 Å². The van der Waals surface area contributed by atoms with Crippen molar-refractivity contribution in [3.05, 3.63) is 40.5 Å². The van der Waals surface area contributed by atoms with E-state index in [1.54, 1.807) is 0 Å². The lowest BCUT2D eigenvalue weighted by Gasteiger charge is -2.01. The molecule has 3 nitrogen and oxygen atoms in total. The fourth-order valence-electron chi connectivity index (χ4n) is 1.99. The van der Waals surface area contributed by atoms with Gasteiger partial charge in [0, 0.05) is 11.5 Å². The van der Waals surface area contributed by atoms with Crippen LogP contribution in [0.2, 0.25) is 0 Å². The Kier molecular flexibility index (Phi) is 2.38. The molecule has 0 bridgehead atoms. The zero-order valence-electron chi connectivity index (χ0n) is 9.65. The molecule has 3 rings (SSSR count). The first-order chi connectivity index (χ1) is 8.08. The minimum absolute atomic E-state index is 0.161. The number of nitrogens with two attached hydrogens (primary N) is 1. The minimum Gasteiger partial charge on any atom is -0.320 e. The number of hydrogen-bond acceptors (Lipinski definition) is 2. The van der Waals surface area contributed by atoms with Crippen molar-refractivity contribution in [3.8, 4) is 11.3 Å². The number of benzene rings is 1. The zero-order chi connectivity index (χ0) is 12.0. The molecule has 0 spiro atoms. The quantitative estimate of drug-likeness (QED) is 0.925. The number of aryl methyl sites for hydroxylation is 1. The van der Waals surface area contributed by atoms with Gasteiger partial charge in [0.25, 0.3) is 0 Å². The first kappa shape index (κ1) is 11.0. The average Bonchev–Trinajstić information content (AvgIpc) is 2.93. The van der Waals surface area contributed by atoms with E-state index < -0.39 is 0 Å². The van der Waals surface area contributed by atoms with Crippen LogP contribution < -0.4 is 5.73 Å². The maximum absolute atomic E-state index is 6.17. The standard InChI is InChI=1S/C13H14BrN3/c1-17-11(9-2-4-10(14)5-3-9)8-12(16-17)13(15)6-7-13/h2-5,8H,6-7,15H2,1H3. The van der Waals surface area contributed by atoms with Crippen molar-refractivity contribution in [2.24, 2.45) is 12.8 Å². The molecule has 1 saturated carbocycles. The van der Waals surface area contributed by atoms with E-state index in [1.165, 1.54) is 5.56 Å². The van der Waals surface area contributed by atoms with Crippen LogP contribution in [0.25, 0.3) is 11.3 Å². The van der Waals surface area contributed by atoms with Gasteiger partial charge in [0.15, 0.2) is 0 Å². The van der Waals surface area contributed by atoms with Crippen molar-refractivity contribution in [3.63, 3.8) is 0 Å². The van der Waals surface area contributed by atoms with Crippen molar-refractivity contribution in [2.75, 3.05) is 0 Å². The monoisotopic (exact) mass is 291 g/mol. The molecule has 0 atom stereocenters. The third kappa shape index (κ3) is 1.91. The van der Waals surface area contributed by atoms with Crippen LogP contribution in [0.15, 0.2) is 34.8 Å². The van der Waals surface area contributed by atoms with E-state index >= 15 is 0 Å². The van der Waals surface area contributed by atoms with E-state index in [9.17, 15) is 0 Å². The highest BCUT2D eigenvalue weighted by Crippen LogP contribution is 2.42. The molecular weight excluding hydrogens is 278 g/mol. The van der Waals surface area contributed by atoms with Gasteiger partial charge in [-0.25, -0.2) is 0 Å². The molecule has 0 radical (unpaired) electrons. The molecule has 0 unspecified atom stereocenters. The van der Waals surface area contributed by atoms with Gasteiger partial charge in [-0.05, 0) is 36.6 Å². The summed E-state index contributed by atoms with van der Waals surface area (Å²) in [5.41, 5.74) is 9.30. The molecule has 88 valence electrons. The number of aromatic nitrogens is 2. The number of nitrogens with zero attached hydrogens (tertiary/aromatic N) is 2. The lowest BCUT2D eigenvalue weighted by Crippen LogP contribution is -2.19. The summed E-state index contributed by atoms with van der Waals surface area (Å²) in [7, 11) is 1.96. The van der Waals surface area contributed by atoms with Crippen LogP contribution in [-0.2, 0) is 12.6 Å². The summed E-state index contributed by atoms with van der Waals surface area (Å²) >= 11 is 3.44. The lowest BCUT2D eigenvalue weighted by molar-refractivity contribution is 0.661. The second-order valence-electron chi connectivity index (χ2n) is 4.70. The van der Waals surface area contributed by atoms with Gasteiger partial charge >= 0.3 is 0 Å². The molecule has 2 aromatic rings. The zero-order valence-corrected chi connectivity index (χ0v) is 11.2. The maximum Gasteiger partial charge on any atom is 0.0829 e. The van der Waals surface area contributed by atoms with Crippen molar-refractivity contribution < 1.29 is 0 Å². The highest BCUT2D eigenvalue weighted by molar-refractivity contribution is 9.10. The van der Waals surface area contributed by atoms with E-state index in [-0.39, 0.29) is 5.54 Å². The molecule has 1 aromatic carbocycles. The van der Waals surface area contributed by atoms with Crippen LogP contribution in [0.1, 0.15) is 18.5 Å². The van der Waals surface area contributed by atoms with Crippen molar-refractivity contribution in [1.82, 2.24) is 9.78 Å². The Hall–Kier alpha value is -1.13. The van der Waals surface area contributed by atoms with E-state index in [0.29, 0.717) is 0 Å². The van der Waals surface area contributed by atoms with Gasteiger partial charge in [0.1, 0.15) is 0 Å². The normalized spacial score (nSPS) is 17.1. The Bertz CT molecular complexity index is 553. The predicted molar refractivity (Wildman–Crippen MR) is 71.4 cm³/mol. The molecule has 0 saturated heterocycles. The highest BCUT2D eigenvalue weighted by Gasteiger charge is 2.42. The molecule has 1 aliphatic rings. The number of rotatable bonds is 2. The smallest absolute Gasteiger partial charge is 0.0829 e. The van der Waals surface area contributed by atoms with Gasteiger partial charge in [-0.2, -0.15) is 5.10 Å². The van der Waals surface area contributed by atoms with Gasteiger partial charge < -0.3 is 5.73 Å². The van der Waals surface area contributed by atoms with Crippen LogP contribution >= 0.6 is 15.9 Å². The molecule has 1 aromatic heterocycles. The summed E-state index contributed by atoms with van der Waals surface area (Å²) in [5.74, 6) is 0. The second-order valence-corrected chi connectivity index (χ2v) is 5.62. The number of halogens is 1. The summed E-state index contributed by atoms with van der Waals surface area (Å²) in [6.07, 6.45) is 2.09. The van der Waals surface area contributed by atoms with Crippen molar-refractivity contribution in [1.29, 1.82) is 0 Å². The molecule has 4 heteroatoms. The first-order valence-electron chi connectivity index (χ1n) is 5.68. The van der Waals surface area contributed by atoms with Gasteiger partial charge in [-0.15, -0.1) is 0 Å². The third-order valence-corrected chi connectivity index (χ3v) is 3.85. The lowest BCUT2D eigenvalue weighted by atomic mass is 10.1. The molecule has 1 fully saturated rings. The highest BCUT2D eigenvalue weighted by atomic mass is 79.9. The fraction of sp³-hybridized carbons (Fsp3) is 0.308. The molecule has 17 heavy (non-hydrogen) atoms. The van der Waals surface area contributed by atoms with Crippen LogP contribution in [0.4, 0.5) is 0 Å². The predicted octanol–water partition coefficient (Wildman–Crippen LogP) is 2.80. The van der Waals surface area contributed by atoms with Crippen molar-refractivity contribution in [2.45, 2.75) is 18.4 Å². The summed E-state index contributed by atoms with van der Waals surface area (Å²) in [4.78, 5) is 0. The van der Waals surface area contributed by atoms with E-state index in [4.69, 9.17) is 5.73 Å². The Morgan fingerprint density at radius 1 is 1.29 bits per heavy atom. The minimum atomic E-state index is -0.161. The van der Waals surface area contributed by atoms with Crippen LogP contribution in [-0.4, -0.2) is 9.78 Å². The van der Waals surface area contributed by atoms with Crippen molar-refractivity contribution >= 4 is 15.9 Å². The maximum atomic E-state index is 6.17. The summed E-state index contributed by atoms with van der Waals surface area (Å²) in [6.45, 7) is 0. The molecule has 2 N–H and O–H groups in total. The Morgan fingerprint density at radius 2 is 1.94 bits per heavy atom. The Labute approximate surface area is 109 Å². The molecule has 1 aliphatic carbocycles. The fourth-order valence-corrected chi connectivity index (χ4v) is 2.26. The third-order valence-electron chi connectivity index (χ3n) is 3.32.